The molecule has 0 bridgehead atoms. The number of hydrogen-bond donors (Lipinski definition) is 2. The maximum Gasteiger partial charge on any atom is 0.270 e. The highest BCUT2D eigenvalue weighted by Gasteiger charge is 2.13. The van der Waals surface area contributed by atoms with Gasteiger partial charge in [-0.25, -0.2) is 9.97 Å². The lowest BCUT2D eigenvalue weighted by Gasteiger charge is -2.11. The summed E-state index contributed by atoms with van der Waals surface area (Å²) >= 11 is 0. The van der Waals surface area contributed by atoms with E-state index in [1.54, 1.807) is 18.5 Å². The number of benzene rings is 2. The van der Waals surface area contributed by atoms with Gasteiger partial charge in [-0.1, -0.05) is 60.7 Å². The molecule has 2 aromatic heterocycles. The molecule has 0 fully saturated rings. The molecule has 4 rings (SSSR count). The number of carbonyl (C=O) groups is 1. The molecule has 2 heterocycles. The van der Waals surface area contributed by atoms with E-state index in [1.165, 1.54) is 0 Å². The van der Waals surface area contributed by atoms with Gasteiger partial charge in [0.1, 0.15) is 11.5 Å². The topological polar surface area (TPSA) is 79.8 Å². The fourth-order valence-corrected chi connectivity index (χ4v) is 2.93. The summed E-state index contributed by atoms with van der Waals surface area (Å²) in [4.78, 5) is 25.9. The van der Waals surface area contributed by atoms with Gasteiger partial charge in [-0.3, -0.25) is 9.78 Å². The van der Waals surface area contributed by atoms with Crippen molar-refractivity contribution in [3.05, 3.63) is 108 Å². The van der Waals surface area contributed by atoms with Gasteiger partial charge in [-0.05, 0) is 23.3 Å². The third-order valence-electron chi connectivity index (χ3n) is 4.51. The lowest BCUT2D eigenvalue weighted by Crippen LogP contribution is -2.24. The van der Waals surface area contributed by atoms with Crippen LogP contribution in [0.3, 0.4) is 0 Å². The molecule has 0 aliphatic carbocycles. The molecule has 6 heteroatoms. The van der Waals surface area contributed by atoms with Gasteiger partial charge in [0, 0.05) is 37.1 Å². The molecule has 2 aromatic carbocycles. The van der Waals surface area contributed by atoms with E-state index in [4.69, 9.17) is 0 Å². The van der Waals surface area contributed by atoms with E-state index < -0.39 is 0 Å². The lowest BCUT2D eigenvalue weighted by molar-refractivity contribution is 0.0946. The van der Waals surface area contributed by atoms with E-state index in [2.05, 4.69) is 25.6 Å². The number of carbonyl (C=O) groups excluding carboxylic acids is 1. The van der Waals surface area contributed by atoms with E-state index in [0.29, 0.717) is 30.4 Å². The maximum absolute atomic E-state index is 12.8. The highest BCUT2D eigenvalue weighted by molar-refractivity contribution is 5.93. The summed E-state index contributed by atoms with van der Waals surface area (Å²) in [6.45, 7) is 1.00. The molecule has 0 aliphatic heterocycles. The van der Waals surface area contributed by atoms with E-state index in [0.717, 1.165) is 16.7 Å². The maximum atomic E-state index is 12.8. The van der Waals surface area contributed by atoms with Crippen LogP contribution >= 0.6 is 0 Å². The Morgan fingerprint density at radius 2 is 1.43 bits per heavy atom. The number of nitrogens with zero attached hydrogens (tertiary/aromatic N) is 3. The van der Waals surface area contributed by atoms with Crippen LogP contribution in [-0.2, 0) is 13.1 Å². The van der Waals surface area contributed by atoms with Gasteiger partial charge in [0.25, 0.3) is 5.91 Å². The van der Waals surface area contributed by atoms with Crippen molar-refractivity contribution in [1.82, 2.24) is 20.3 Å². The van der Waals surface area contributed by atoms with Crippen LogP contribution in [0.4, 0.5) is 5.82 Å². The van der Waals surface area contributed by atoms with Crippen molar-refractivity contribution in [2.45, 2.75) is 13.1 Å². The molecule has 30 heavy (non-hydrogen) atoms. The van der Waals surface area contributed by atoms with Gasteiger partial charge in [0.15, 0.2) is 5.82 Å². The zero-order chi connectivity index (χ0) is 20.6. The summed E-state index contributed by atoms with van der Waals surface area (Å²) in [5.41, 5.74) is 3.26. The molecular weight excluding hydrogens is 374 g/mol. The summed E-state index contributed by atoms with van der Waals surface area (Å²) in [5.74, 6) is 0.846. The SMILES string of the molecule is O=C(NCc1ccncc1)c1cc(NCc2ccccc2)nc(-c2ccccc2)n1. The van der Waals surface area contributed by atoms with Crippen molar-refractivity contribution >= 4 is 11.7 Å². The fraction of sp³-hybridized carbons (Fsp3) is 0.0833. The summed E-state index contributed by atoms with van der Waals surface area (Å²) in [5, 5.41) is 6.21. The Kier molecular flexibility index (Phi) is 6.05. The third-order valence-corrected chi connectivity index (χ3v) is 4.51. The molecule has 0 unspecified atom stereocenters. The van der Waals surface area contributed by atoms with Crippen LogP contribution in [0, 0.1) is 0 Å². The molecule has 148 valence electrons. The summed E-state index contributed by atoms with van der Waals surface area (Å²) < 4.78 is 0. The Morgan fingerprint density at radius 1 is 0.767 bits per heavy atom. The second kappa shape index (κ2) is 9.43. The Hall–Kier alpha value is -4.06. The van der Waals surface area contributed by atoms with Crippen LogP contribution in [0.1, 0.15) is 21.6 Å². The molecule has 1 amide bonds. The first-order valence-corrected chi connectivity index (χ1v) is 9.67. The molecule has 4 aromatic rings. The van der Waals surface area contributed by atoms with Crippen LogP contribution in [0.5, 0.6) is 0 Å². The number of anilines is 1. The predicted molar refractivity (Wildman–Crippen MR) is 117 cm³/mol. The number of nitrogens with one attached hydrogen (secondary N) is 2. The molecule has 2 N–H and O–H groups in total. The largest absolute Gasteiger partial charge is 0.366 e. The molecule has 0 atom stereocenters. The molecule has 0 spiro atoms. The molecular formula is C24H21N5O. The highest BCUT2D eigenvalue weighted by atomic mass is 16.1. The summed E-state index contributed by atoms with van der Waals surface area (Å²) in [7, 11) is 0. The van der Waals surface area contributed by atoms with Gasteiger partial charge >= 0.3 is 0 Å². The van der Waals surface area contributed by atoms with Crippen molar-refractivity contribution in [3.63, 3.8) is 0 Å². The van der Waals surface area contributed by atoms with E-state index in [1.807, 2.05) is 72.8 Å². The second-order valence-electron chi connectivity index (χ2n) is 6.71. The third kappa shape index (κ3) is 5.05. The van der Waals surface area contributed by atoms with E-state index in [9.17, 15) is 4.79 Å². The van der Waals surface area contributed by atoms with Gasteiger partial charge in [0.05, 0.1) is 0 Å². The van der Waals surface area contributed by atoms with Gasteiger partial charge in [-0.15, -0.1) is 0 Å². The number of pyridine rings is 1. The van der Waals surface area contributed by atoms with Gasteiger partial charge < -0.3 is 10.6 Å². The molecule has 0 saturated heterocycles. The van der Waals surface area contributed by atoms with Crippen molar-refractivity contribution in [2.75, 3.05) is 5.32 Å². The average molecular weight is 395 g/mol. The van der Waals surface area contributed by atoms with Crippen LogP contribution < -0.4 is 10.6 Å². The first kappa shape index (κ1) is 19.3. The second-order valence-corrected chi connectivity index (χ2v) is 6.71. The van der Waals surface area contributed by atoms with E-state index in [-0.39, 0.29) is 5.91 Å². The van der Waals surface area contributed by atoms with Gasteiger partial charge in [0.2, 0.25) is 0 Å². The van der Waals surface area contributed by atoms with E-state index >= 15 is 0 Å². The first-order chi connectivity index (χ1) is 14.8. The minimum Gasteiger partial charge on any atom is -0.366 e. The zero-order valence-electron chi connectivity index (χ0n) is 16.3. The zero-order valence-corrected chi connectivity index (χ0v) is 16.3. The summed E-state index contributed by atoms with van der Waals surface area (Å²) in [6, 6.07) is 25.1. The smallest absolute Gasteiger partial charge is 0.270 e. The fourth-order valence-electron chi connectivity index (χ4n) is 2.93. The van der Waals surface area contributed by atoms with Gasteiger partial charge in [-0.2, -0.15) is 0 Å². The molecule has 0 aliphatic rings. The van der Waals surface area contributed by atoms with Crippen molar-refractivity contribution in [2.24, 2.45) is 0 Å². The van der Waals surface area contributed by atoms with Crippen LogP contribution in [0.2, 0.25) is 0 Å². The first-order valence-electron chi connectivity index (χ1n) is 9.67. The Balaban J connectivity index is 1.57. The standard InChI is InChI=1S/C24H21N5O/c30-24(27-17-19-11-13-25-14-12-19)21-15-22(26-16-18-7-3-1-4-8-18)29-23(28-21)20-9-5-2-6-10-20/h1-15H,16-17H2,(H,27,30)(H,26,28,29). The normalized spacial score (nSPS) is 10.4. The number of rotatable bonds is 7. The average Bonchev–Trinajstić information content (AvgIpc) is 2.83. The Morgan fingerprint density at radius 3 is 2.17 bits per heavy atom. The van der Waals surface area contributed by atoms with Crippen molar-refractivity contribution in [3.8, 4) is 11.4 Å². The monoisotopic (exact) mass is 395 g/mol. The minimum absolute atomic E-state index is 0.255. The molecule has 0 radical (unpaired) electrons. The Labute approximate surface area is 175 Å². The van der Waals surface area contributed by atoms with Crippen molar-refractivity contribution in [1.29, 1.82) is 0 Å². The van der Waals surface area contributed by atoms with Crippen LogP contribution in [0.15, 0.2) is 91.3 Å². The molecule has 6 nitrogen and oxygen atoms in total. The summed E-state index contributed by atoms with van der Waals surface area (Å²) in [6.07, 6.45) is 3.40. The Bertz CT molecular complexity index is 1100. The van der Waals surface area contributed by atoms with Crippen LogP contribution in [0.25, 0.3) is 11.4 Å². The molecule has 0 saturated carbocycles. The number of amides is 1. The quantitative estimate of drug-likeness (QED) is 0.493. The number of hydrogen-bond acceptors (Lipinski definition) is 5. The highest BCUT2D eigenvalue weighted by Crippen LogP contribution is 2.18. The lowest BCUT2D eigenvalue weighted by atomic mass is 10.2. The number of aromatic nitrogens is 3. The predicted octanol–water partition coefficient (Wildman–Crippen LogP) is 4.08. The minimum atomic E-state index is -0.255. The van der Waals surface area contributed by atoms with Crippen LogP contribution in [-0.4, -0.2) is 20.9 Å². The van der Waals surface area contributed by atoms with Crippen molar-refractivity contribution < 1.29 is 4.79 Å².